The van der Waals surface area contributed by atoms with Crippen LogP contribution in [0.4, 0.5) is 5.95 Å². The van der Waals surface area contributed by atoms with Gasteiger partial charge in [-0.3, -0.25) is 0 Å². The molecule has 0 radical (unpaired) electrons. The number of nitrogens with zero attached hydrogens (tertiary/aromatic N) is 4. The Labute approximate surface area is 173 Å². The Hall–Kier alpha value is -3.26. The van der Waals surface area contributed by atoms with Crippen LogP contribution in [0.25, 0.3) is 5.70 Å². The van der Waals surface area contributed by atoms with Crippen LogP contribution in [0.2, 0.25) is 5.02 Å². The maximum Gasteiger partial charge on any atom is 0.248 e. The summed E-state index contributed by atoms with van der Waals surface area (Å²) in [6.45, 7) is 2.47. The van der Waals surface area contributed by atoms with E-state index in [-0.39, 0.29) is 6.04 Å². The van der Waals surface area contributed by atoms with Crippen LogP contribution < -0.4 is 19.5 Å². The molecule has 1 atom stereocenters. The number of ether oxygens (including phenoxy) is 3. The van der Waals surface area contributed by atoms with Gasteiger partial charge in [0, 0.05) is 11.3 Å². The Morgan fingerprint density at radius 3 is 2.72 bits per heavy atom. The maximum atomic E-state index is 6.39. The number of benzene rings is 2. The average molecular weight is 414 g/mol. The van der Waals surface area contributed by atoms with Crippen LogP contribution >= 0.6 is 11.6 Å². The molecular weight excluding hydrogens is 394 g/mol. The summed E-state index contributed by atoms with van der Waals surface area (Å²) in [5.74, 6) is 2.42. The molecule has 2 aromatic carbocycles. The molecule has 8 nitrogen and oxygen atoms in total. The van der Waals surface area contributed by atoms with Gasteiger partial charge in [0.25, 0.3) is 0 Å². The Morgan fingerprint density at radius 1 is 1.14 bits per heavy atom. The van der Waals surface area contributed by atoms with E-state index in [0.29, 0.717) is 34.8 Å². The first kappa shape index (κ1) is 19.1. The lowest BCUT2D eigenvalue weighted by Crippen LogP contribution is -2.21. The zero-order valence-corrected chi connectivity index (χ0v) is 17.0. The first-order valence-corrected chi connectivity index (χ1v) is 9.44. The number of rotatable bonds is 6. The molecule has 1 aromatic heterocycles. The molecular formula is C20H20ClN5O3. The lowest BCUT2D eigenvalue weighted by molar-refractivity contribution is 0.340. The third kappa shape index (κ3) is 3.47. The molecule has 2 heterocycles. The minimum Gasteiger partial charge on any atom is -0.493 e. The summed E-state index contributed by atoms with van der Waals surface area (Å²) in [7, 11) is 3.22. The third-order valence-corrected chi connectivity index (χ3v) is 4.92. The summed E-state index contributed by atoms with van der Waals surface area (Å²) in [4.78, 5) is 0. The van der Waals surface area contributed by atoms with Crippen LogP contribution in [-0.2, 0) is 0 Å². The second-order valence-corrected chi connectivity index (χ2v) is 6.67. The van der Waals surface area contributed by atoms with Gasteiger partial charge >= 0.3 is 0 Å². The number of aromatic nitrogens is 4. The van der Waals surface area contributed by atoms with Gasteiger partial charge in [-0.1, -0.05) is 28.8 Å². The fraction of sp³-hybridized carbons (Fsp3) is 0.250. The van der Waals surface area contributed by atoms with Crippen molar-refractivity contribution in [3.63, 3.8) is 0 Å². The highest BCUT2D eigenvalue weighted by molar-refractivity contribution is 6.32. The van der Waals surface area contributed by atoms with Crippen LogP contribution in [-0.4, -0.2) is 41.0 Å². The van der Waals surface area contributed by atoms with Crippen molar-refractivity contribution in [2.24, 2.45) is 0 Å². The Bertz CT molecular complexity index is 1070. The second kappa shape index (κ2) is 8.00. The van der Waals surface area contributed by atoms with E-state index < -0.39 is 0 Å². The largest absolute Gasteiger partial charge is 0.493 e. The molecule has 0 amide bonds. The molecule has 0 spiro atoms. The fourth-order valence-corrected chi connectivity index (χ4v) is 3.56. The smallest absolute Gasteiger partial charge is 0.248 e. The van der Waals surface area contributed by atoms with E-state index in [1.54, 1.807) is 18.9 Å². The van der Waals surface area contributed by atoms with Gasteiger partial charge in [0.15, 0.2) is 11.5 Å². The zero-order chi connectivity index (χ0) is 20.4. The van der Waals surface area contributed by atoms with Crippen molar-refractivity contribution in [1.29, 1.82) is 0 Å². The lowest BCUT2D eigenvalue weighted by atomic mass is 10.0. The van der Waals surface area contributed by atoms with Crippen LogP contribution in [0.3, 0.4) is 0 Å². The predicted octanol–water partition coefficient (Wildman–Crippen LogP) is 3.80. The number of hydrogen-bond acceptors (Lipinski definition) is 7. The number of hydrogen-bond donors (Lipinski definition) is 1. The number of anilines is 1. The normalized spacial score (nSPS) is 15.2. The van der Waals surface area contributed by atoms with Gasteiger partial charge in [0.1, 0.15) is 11.8 Å². The molecule has 3 aromatic rings. The summed E-state index contributed by atoms with van der Waals surface area (Å²) in [5, 5.41) is 15.8. The standard InChI is InChI=1S/C20H20ClN5O3/c1-4-29-17-9-8-12(10-14(17)21)15-11-16(26-20(22-15)23-24-25-26)13-6-5-7-18(27-2)19(13)28-3/h5-11,16H,4H2,1-3H3,(H,22,23,25). The molecule has 1 aliphatic rings. The van der Waals surface area contributed by atoms with Gasteiger partial charge in [-0.05, 0) is 53.3 Å². The monoisotopic (exact) mass is 413 g/mol. The zero-order valence-electron chi connectivity index (χ0n) is 16.2. The van der Waals surface area contributed by atoms with E-state index in [9.17, 15) is 0 Å². The second-order valence-electron chi connectivity index (χ2n) is 6.26. The molecule has 4 rings (SSSR count). The summed E-state index contributed by atoms with van der Waals surface area (Å²) >= 11 is 6.39. The van der Waals surface area contributed by atoms with Gasteiger partial charge in [-0.2, -0.15) is 4.68 Å². The topological polar surface area (TPSA) is 83.3 Å². The number of para-hydroxylation sites is 1. The van der Waals surface area contributed by atoms with Crippen molar-refractivity contribution < 1.29 is 14.2 Å². The highest BCUT2D eigenvalue weighted by Gasteiger charge is 2.28. The van der Waals surface area contributed by atoms with Crippen molar-refractivity contribution in [2.45, 2.75) is 13.0 Å². The minimum atomic E-state index is -0.299. The van der Waals surface area contributed by atoms with Crippen molar-refractivity contribution in [2.75, 3.05) is 26.1 Å². The predicted molar refractivity (Wildman–Crippen MR) is 110 cm³/mol. The molecule has 0 bridgehead atoms. The molecule has 0 aliphatic carbocycles. The minimum absolute atomic E-state index is 0.299. The van der Waals surface area contributed by atoms with E-state index in [2.05, 4.69) is 20.8 Å². The summed E-state index contributed by atoms with van der Waals surface area (Å²) in [6, 6.07) is 11.1. The number of methoxy groups -OCH3 is 2. The summed E-state index contributed by atoms with van der Waals surface area (Å²) in [6.07, 6.45) is 2.02. The fourth-order valence-electron chi connectivity index (χ4n) is 3.33. The molecule has 1 N–H and O–H groups in total. The van der Waals surface area contributed by atoms with Gasteiger partial charge in [-0.15, -0.1) is 0 Å². The van der Waals surface area contributed by atoms with E-state index in [1.165, 1.54) is 0 Å². The van der Waals surface area contributed by atoms with Crippen molar-refractivity contribution in [1.82, 2.24) is 20.2 Å². The summed E-state index contributed by atoms with van der Waals surface area (Å²) in [5.41, 5.74) is 2.59. The summed E-state index contributed by atoms with van der Waals surface area (Å²) < 4.78 is 18.3. The Kier molecular flexibility index (Phi) is 5.26. The molecule has 1 unspecified atom stereocenters. The van der Waals surface area contributed by atoms with Gasteiger partial charge in [0.05, 0.1) is 25.8 Å². The number of fused-ring (bicyclic) bond motifs is 1. The number of allylic oxidation sites excluding steroid dienone is 1. The number of nitrogens with one attached hydrogen (secondary N) is 1. The van der Waals surface area contributed by atoms with Gasteiger partial charge < -0.3 is 19.5 Å². The van der Waals surface area contributed by atoms with E-state index in [1.807, 2.05) is 49.4 Å². The van der Waals surface area contributed by atoms with Crippen LogP contribution in [0, 0.1) is 0 Å². The van der Waals surface area contributed by atoms with E-state index in [4.69, 9.17) is 25.8 Å². The molecule has 29 heavy (non-hydrogen) atoms. The van der Waals surface area contributed by atoms with Crippen LogP contribution in [0.1, 0.15) is 24.1 Å². The maximum absolute atomic E-state index is 6.39. The van der Waals surface area contributed by atoms with Crippen molar-refractivity contribution in [3.05, 3.63) is 58.6 Å². The molecule has 0 saturated carbocycles. The van der Waals surface area contributed by atoms with Crippen LogP contribution in [0.15, 0.2) is 42.5 Å². The lowest BCUT2D eigenvalue weighted by Gasteiger charge is -2.25. The van der Waals surface area contributed by atoms with E-state index in [0.717, 1.165) is 16.8 Å². The SMILES string of the molecule is CCOc1ccc(C2=CC(c3cccc(OC)c3OC)n3nnnc3N2)cc1Cl. The van der Waals surface area contributed by atoms with E-state index >= 15 is 0 Å². The first-order chi connectivity index (χ1) is 14.2. The quantitative estimate of drug-likeness (QED) is 0.658. The van der Waals surface area contributed by atoms with Crippen molar-refractivity contribution >= 4 is 23.2 Å². The van der Waals surface area contributed by atoms with Crippen molar-refractivity contribution in [3.8, 4) is 17.2 Å². The van der Waals surface area contributed by atoms with Gasteiger partial charge in [0.2, 0.25) is 5.95 Å². The molecule has 1 aliphatic heterocycles. The molecule has 0 fully saturated rings. The Balaban J connectivity index is 1.81. The average Bonchev–Trinajstić information content (AvgIpc) is 3.22. The first-order valence-electron chi connectivity index (χ1n) is 9.06. The van der Waals surface area contributed by atoms with Crippen LogP contribution in [0.5, 0.6) is 17.2 Å². The highest BCUT2D eigenvalue weighted by atomic mass is 35.5. The third-order valence-electron chi connectivity index (χ3n) is 4.62. The van der Waals surface area contributed by atoms with Gasteiger partial charge in [-0.25, -0.2) is 0 Å². The number of halogens is 1. The molecule has 9 heteroatoms. The number of tetrazole rings is 1. The molecule has 150 valence electrons. The Morgan fingerprint density at radius 2 is 2.00 bits per heavy atom. The highest BCUT2D eigenvalue weighted by Crippen LogP contribution is 2.40. The molecule has 0 saturated heterocycles.